The minimum atomic E-state index is -0.606. The van der Waals surface area contributed by atoms with Crippen molar-refractivity contribution in [3.05, 3.63) is 48.3 Å². The summed E-state index contributed by atoms with van der Waals surface area (Å²) in [6.07, 6.45) is 8.55. The smallest absolute Gasteiger partial charge is 0.191 e. The Hall–Kier alpha value is -1.61. The van der Waals surface area contributed by atoms with Crippen LogP contribution < -0.4 is 10.6 Å². The average Bonchev–Trinajstić information content (AvgIpc) is 3.33. The van der Waals surface area contributed by atoms with Crippen LogP contribution in [0.4, 0.5) is 0 Å². The van der Waals surface area contributed by atoms with Gasteiger partial charge in [-0.15, -0.1) is 24.0 Å². The van der Waals surface area contributed by atoms with Crippen LogP contribution in [0, 0.1) is 0 Å². The van der Waals surface area contributed by atoms with E-state index in [9.17, 15) is 5.11 Å². The third-order valence-corrected chi connectivity index (χ3v) is 4.82. The van der Waals surface area contributed by atoms with E-state index in [2.05, 4.69) is 51.9 Å². The monoisotopic (exact) mass is 483 g/mol. The van der Waals surface area contributed by atoms with E-state index < -0.39 is 5.60 Å². The molecule has 0 spiro atoms. The number of rotatable bonds is 7. The van der Waals surface area contributed by atoms with Gasteiger partial charge >= 0.3 is 0 Å². The second-order valence-electron chi connectivity index (χ2n) is 6.92. The van der Waals surface area contributed by atoms with Gasteiger partial charge < -0.3 is 15.7 Å². The average molecular weight is 483 g/mol. The van der Waals surface area contributed by atoms with Crippen molar-refractivity contribution >= 4 is 29.9 Å². The minimum Gasteiger partial charge on any atom is -0.388 e. The molecular formula is C20H30IN5O. The molecule has 1 heterocycles. The van der Waals surface area contributed by atoms with E-state index in [1.807, 2.05) is 16.9 Å². The van der Waals surface area contributed by atoms with Crippen molar-refractivity contribution in [1.82, 2.24) is 20.4 Å². The van der Waals surface area contributed by atoms with E-state index in [0.717, 1.165) is 56.8 Å². The molecule has 1 aromatic heterocycles. The summed E-state index contributed by atoms with van der Waals surface area (Å²) in [5.41, 5.74) is 1.72. The Kier molecular flexibility index (Phi) is 8.56. The summed E-state index contributed by atoms with van der Waals surface area (Å²) in [7, 11) is 0. The van der Waals surface area contributed by atoms with Gasteiger partial charge in [0.1, 0.15) is 0 Å². The lowest BCUT2D eigenvalue weighted by Gasteiger charge is -2.20. The van der Waals surface area contributed by atoms with Crippen LogP contribution in [0.2, 0.25) is 0 Å². The van der Waals surface area contributed by atoms with Crippen molar-refractivity contribution in [3.8, 4) is 5.69 Å². The number of halogens is 1. The van der Waals surface area contributed by atoms with Gasteiger partial charge in [-0.1, -0.05) is 25.0 Å². The molecule has 0 aliphatic heterocycles. The Morgan fingerprint density at radius 1 is 1.22 bits per heavy atom. The second kappa shape index (κ2) is 10.7. The van der Waals surface area contributed by atoms with Crippen LogP contribution in [-0.4, -0.2) is 46.1 Å². The zero-order chi connectivity index (χ0) is 18.2. The van der Waals surface area contributed by atoms with Gasteiger partial charge in [-0.3, -0.25) is 4.99 Å². The Morgan fingerprint density at radius 3 is 2.59 bits per heavy atom. The molecule has 6 nitrogen and oxygen atoms in total. The number of benzene rings is 1. The van der Waals surface area contributed by atoms with Crippen molar-refractivity contribution in [2.75, 3.05) is 19.6 Å². The summed E-state index contributed by atoms with van der Waals surface area (Å²) in [6, 6.07) is 10.3. The Balaban J connectivity index is 0.00000261. The molecule has 1 fully saturated rings. The molecule has 27 heavy (non-hydrogen) atoms. The molecular weight excluding hydrogens is 453 g/mol. The van der Waals surface area contributed by atoms with Crippen LogP contribution in [0.25, 0.3) is 5.69 Å². The van der Waals surface area contributed by atoms with Crippen molar-refractivity contribution in [2.24, 2.45) is 4.99 Å². The van der Waals surface area contributed by atoms with E-state index >= 15 is 0 Å². The maximum absolute atomic E-state index is 10.4. The number of hydrogen-bond donors (Lipinski definition) is 3. The molecule has 7 heteroatoms. The highest BCUT2D eigenvalue weighted by Gasteiger charge is 2.30. The Bertz CT molecular complexity index is 694. The largest absolute Gasteiger partial charge is 0.388 e. The van der Waals surface area contributed by atoms with E-state index in [0.29, 0.717) is 6.54 Å². The van der Waals surface area contributed by atoms with Crippen LogP contribution >= 0.6 is 24.0 Å². The first-order valence-electron chi connectivity index (χ1n) is 9.52. The molecule has 3 rings (SSSR count). The number of guanidine groups is 1. The van der Waals surface area contributed by atoms with Gasteiger partial charge in [0.15, 0.2) is 5.96 Å². The van der Waals surface area contributed by atoms with Gasteiger partial charge in [-0.05, 0) is 49.9 Å². The highest BCUT2D eigenvalue weighted by Crippen LogP contribution is 2.29. The van der Waals surface area contributed by atoms with Gasteiger partial charge in [-0.2, -0.15) is 5.10 Å². The fraction of sp³-hybridized carbons (Fsp3) is 0.500. The van der Waals surface area contributed by atoms with Crippen molar-refractivity contribution in [3.63, 3.8) is 0 Å². The molecule has 1 saturated carbocycles. The topological polar surface area (TPSA) is 74.5 Å². The van der Waals surface area contributed by atoms with Crippen LogP contribution in [0.5, 0.6) is 0 Å². The zero-order valence-electron chi connectivity index (χ0n) is 15.9. The lowest BCUT2D eigenvalue weighted by molar-refractivity contribution is 0.0574. The molecule has 1 aliphatic carbocycles. The standard InChI is InChI=1S/C20H29N5O.HI/c1-2-21-19(23-16-20(26)11-3-4-12-20)22-14-10-17-6-8-18(9-7-17)25-15-5-13-24-25;/h5-9,13,15,26H,2-4,10-12,14,16H2,1H3,(H2,21,22,23);1H. The fourth-order valence-corrected chi connectivity index (χ4v) is 3.32. The molecule has 3 N–H and O–H groups in total. The lowest BCUT2D eigenvalue weighted by atomic mass is 10.0. The summed E-state index contributed by atoms with van der Waals surface area (Å²) >= 11 is 0. The number of aromatic nitrogens is 2. The molecule has 0 radical (unpaired) electrons. The summed E-state index contributed by atoms with van der Waals surface area (Å²) < 4.78 is 1.85. The molecule has 0 atom stereocenters. The third-order valence-electron chi connectivity index (χ3n) is 4.82. The predicted octanol–water partition coefficient (Wildman–Crippen LogP) is 2.89. The van der Waals surface area contributed by atoms with Crippen LogP contribution in [-0.2, 0) is 6.42 Å². The number of nitrogens with zero attached hydrogens (tertiary/aromatic N) is 3. The third kappa shape index (κ3) is 6.49. The van der Waals surface area contributed by atoms with E-state index in [4.69, 9.17) is 0 Å². The molecule has 1 aliphatic rings. The lowest BCUT2D eigenvalue weighted by Crippen LogP contribution is -2.40. The first-order valence-corrected chi connectivity index (χ1v) is 9.52. The maximum Gasteiger partial charge on any atom is 0.191 e. The number of aliphatic imine (C=N–C) groups is 1. The summed E-state index contributed by atoms with van der Waals surface area (Å²) in [4.78, 5) is 4.58. The predicted molar refractivity (Wildman–Crippen MR) is 120 cm³/mol. The highest BCUT2D eigenvalue weighted by molar-refractivity contribution is 14.0. The van der Waals surface area contributed by atoms with Crippen molar-refractivity contribution in [1.29, 1.82) is 0 Å². The van der Waals surface area contributed by atoms with E-state index in [-0.39, 0.29) is 24.0 Å². The van der Waals surface area contributed by atoms with Crippen LogP contribution in [0.15, 0.2) is 47.7 Å². The van der Waals surface area contributed by atoms with Crippen molar-refractivity contribution < 1.29 is 5.11 Å². The quantitative estimate of drug-likeness (QED) is 0.322. The molecule has 2 aromatic rings. The summed E-state index contributed by atoms with van der Waals surface area (Å²) in [5, 5.41) is 21.3. The summed E-state index contributed by atoms with van der Waals surface area (Å²) in [5.74, 6) is 0.779. The van der Waals surface area contributed by atoms with Gasteiger partial charge in [0.05, 0.1) is 17.8 Å². The number of hydrogen-bond acceptors (Lipinski definition) is 3. The fourth-order valence-electron chi connectivity index (χ4n) is 3.32. The Morgan fingerprint density at radius 2 is 1.96 bits per heavy atom. The normalized spacial score (nSPS) is 16.0. The van der Waals surface area contributed by atoms with Crippen LogP contribution in [0.3, 0.4) is 0 Å². The number of aliphatic hydroxyl groups is 1. The van der Waals surface area contributed by atoms with E-state index in [1.54, 1.807) is 6.20 Å². The van der Waals surface area contributed by atoms with Gasteiger partial charge in [-0.25, -0.2) is 4.68 Å². The number of nitrogens with one attached hydrogen (secondary N) is 2. The molecule has 148 valence electrons. The first kappa shape index (κ1) is 21.7. The van der Waals surface area contributed by atoms with Gasteiger partial charge in [0, 0.05) is 25.5 Å². The van der Waals surface area contributed by atoms with Gasteiger partial charge in [0.2, 0.25) is 0 Å². The first-order chi connectivity index (χ1) is 12.7. The Labute approximate surface area is 178 Å². The minimum absolute atomic E-state index is 0. The van der Waals surface area contributed by atoms with E-state index in [1.165, 1.54) is 5.56 Å². The molecule has 1 aromatic carbocycles. The molecule has 0 bridgehead atoms. The highest BCUT2D eigenvalue weighted by atomic mass is 127. The summed E-state index contributed by atoms with van der Waals surface area (Å²) in [6.45, 7) is 4.13. The van der Waals surface area contributed by atoms with Gasteiger partial charge in [0.25, 0.3) is 0 Å². The maximum atomic E-state index is 10.4. The molecule has 0 unspecified atom stereocenters. The second-order valence-corrected chi connectivity index (χ2v) is 6.92. The van der Waals surface area contributed by atoms with Crippen LogP contribution in [0.1, 0.15) is 38.2 Å². The molecule has 0 amide bonds. The molecule has 0 saturated heterocycles. The SMILES string of the molecule is CCNC(=NCC1(O)CCCC1)NCCc1ccc(-n2cccn2)cc1.I. The zero-order valence-corrected chi connectivity index (χ0v) is 18.2. The van der Waals surface area contributed by atoms with Crippen molar-refractivity contribution in [2.45, 2.75) is 44.6 Å².